The lowest BCUT2D eigenvalue weighted by Gasteiger charge is -2.39. The fourth-order valence-electron chi connectivity index (χ4n) is 2.01. The van der Waals surface area contributed by atoms with E-state index in [2.05, 4.69) is 15.3 Å². The molecule has 1 aliphatic rings. The second kappa shape index (κ2) is 3.83. The third-order valence-electron chi connectivity index (χ3n) is 3.14. The summed E-state index contributed by atoms with van der Waals surface area (Å²) in [5.74, 6) is 0.278. The van der Waals surface area contributed by atoms with E-state index in [1.54, 1.807) is 6.92 Å². The predicted octanol–water partition coefficient (Wildman–Crippen LogP) is 1.63. The number of nitrogen functional groups attached to an aromatic ring is 1. The van der Waals surface area contributed by atoms with Crippen LogP contribution in [0.25, 0.3) is 0 Å². The minimum absolute atomic E-state index is 0.0542. The van der Waals surface area contributed by atoms with Crippen molar-refractivity contribution in [2.75, 3.05) is 11.1 Å². The van der Waals surface area contributed by atoms with Crippen molar-refractivity contribution in [2.24, 2.45) is 0 Å². The maximum Gasteiger partial charge on any atom is 0.332 e. The molecule has 1 aliphatic carbocycles. The molecule has 0 atom stereocenters. The van der Waals surface area contributed by atoms with E-state index < -0.39 is 4.92 Å². The van der Waals surface area contributed by atoms with Crippen molar-refractivity contribution < 1.29 is 4.92 Å². The summed E-state index contributed by atoms with van der Waals surface area (Å²) in [5, 5.41) is 14.1. The number of rotatable bonds is 3. The van der Waals surface area contributed by atoms with E-state index in [0.717, 1.165) is 19.3 Å². The highest BCUT2D eigenvalue weighted by molar-refractivity contribution is 5.61. The molecule has 1 aromatic heterocycles. The largest absolute Gasteiger partial charge is 0.368 e. The van der Waals surface area contributed by atoms with Gasteiger partial charge in [0.1, 0.15) is 5.69 Å². The van der Waals surface area contributed by atoms with Crippen molar-refractivity contribution in [3.05, 3.63) is 15.8 Å². The number of aryl methyl sites for hydroxylation is 1. The van der Waals surface area contributed by atoms with Crippen molar-refractivity contribution in [3.63, 3.8) is 0 Å². The lowest BCUT2D eigenvalue weighted by atomic mass is 9.78. The summed E-state index contributed by atoms with van der Waals surface area (Å²) in [4.78, 5) is 18.3. The smallest absolute Gasteiger partial charge is 0.332 e. The molecular weight excluding hydrogens is 222 g/mol. The molecule has 0 bridgehead atoms. The average molecular weight is 237 g/mol. The molecular formula is C10H15N5O2. The molecule has 0 radical (unpaired) electrons. The number of aromatic nitrogens is 2. The Balaban J connectivity index is 2.40. The zero-order chi connectivity index (χ0) is 12.6. The maximum atomic E-state index is 11.0. The monoisotopic (exact) mass is 237 g/mol. The molecule has 1 aromatic rings. The van der Waals surface area contributed by atoms with Crippen molar-refractivity contribution in [3.8, 4) is 0 Å². The highest BCUT2D eigenvalue weighted by atomic mass is 16.6. The molecule has 0 aromatic carbocycles. The van der Waals surface area contributed by atoms with Gasteiger partial charge in [0.15, 0.2) is 0 Å². The Hall–Kier alpha value is -1.92. The van der Waals surface area contributed by atoms with Crippen LogP contribution in [0.3, 0.4) is 0 Å². The first-order valence-electron chi connectivity index (χ1n) is 5.48. The van der Waals surface area contributed by atoms with Crippen LogP contribution in [0, 0.1) is 17.0 Å². The average Bonchev–Trinajstić information content (AvgIpc) is 2.13. The van der Waals surface area contributed by atoms with Crippen LogP contribution >= 0.6 is 0 Å². The third kappa shape index (κ3) is 2.13. The molecule has 0 saturated heterocycles. The Morgan fingerprint density at radius 2 is 2.12 bits per heavy atom. The summed E-state index contributed by atoms with van der Waals surface area (Å²) in [6.45, 7) is 3.58. The number of nitrogens with two attached hydrogens (primary N) is 1. The number of anilines is 2. The van der Waals surface area contributed by atoms with E-state index >= 15 is 0 Å². The molecule has 2 rings (SSSR count). The van der Waals surface area contributed by atoms with Gasteiger partial charge in [-0.1, -0.05) is 0 Å². The summed E-state index contributed by atoms with van der Waals surface area (Å²) in [7, 11) is 0. The van der Waals surface area contributed by atoms with E-state index in [4.69, 9.17) is 5.73 Å². The summed E-state index contributed by atoms with van der Waals surface area (Å²) in [6, 6.07) is 0. The predicted molar refractivity (Wildman–Crippen MR) is 63.7 cm³/mol. The molecule has 7 nitrogen and oxygen atoms in total. The Bertz CT molecular complexity index is 470. The topological polar surface area (TPSA) is 107 Å². The first-order valence-corrected chi connectivity index (χ1v) is 5.48. The minimum atomic E-state index is -0.473. The minimum Gasteiger partial charge on any atom is -0.368 e. The third-order valence-corrected chi connectivity index (χ3v) is 3.14. The fourth-order valence-corrected chi connectivity index (χ4v) is 2.01. The Morgan fingerprint density at radius 1 is 1.47 bits per heavy atom. The quantitative estimate of drug-likeness (QED) is 0.611. The van der Waals surface area contributed by atoms with Gasteiger partial charge in [-0.3, -0.25) is 10.1 Å². The van der Waals surface area contributed by atoms with Crippen molar-refractivity contribution in [2.45, 2.75) is 38.6 Å². The summed E-state index contributed by atoms with van der Waals surface area (Å²) in [6.07, 6.45) is 3.08. The van der Waals surface area contributed by atoms with Gasteiger partial charge in [-0.15, -0.1) is 0 Å². The number of nitrogens with zero attached hydrogens (tertiary/aromatic N) is 3. The zero-order valence-electron chi connectivity index (χ0n) is 9.86. The molecule has 92 valence electrons. The lowest BCUT2D eigenvalue weighted by Crippen LogP contribution is -2.42. The molecule has 1 heterocycles. The van der Waals surface area contributed by atoms with Crippen LogP contribution in [-0.4, -0.2) is 20.4 Å². The highest BCUT2D eigenvalue weighted by Gasteiger charge is 2.35. The molecule has 17 heavy (non-hydrogen) atoms. The van der Waals surface area contributed by atoms with Gasteiger partial charge in [0, 0.05) is 5.54 Å². The van der Waals surface area contributed by atoms with Gasteiger partial charge in [0.25, 0.3) is 0 Å². The van der Waals surface area contributed by atoms with Crippen LogP contribution in [0.1, 0.15) is 31.9 Å². The van der Waals surface area contributed by atoms with Gasteiger partial charge >= 0.3 is 5.69 Å². The van der Waals surface area contributed by atoms with Crippen LogP contribution in [0.15, 0.2) is 0 Å². The standard InChI is InChI=1S/C10H15N5O2/c1-6-7(15(16)17)8(13-9(11)12-6)14-10(2)4-3-5-10/h3-5H2,1-2H3,(H3,11,12,13,14). The van der Waals surface area contributed by atoms with Crippen LogP contribution < -0.4 is 11.1 Å². The van der Waals surface area contributed by atoms with Gasteiger partial charge in [-0.2, -0.15) is 4.98 Å². The Kier molecular flexibility index (Phi) is 2.60. The molecule has 0 spiro atoms. The first kappa shape index (κ1) is 11.6. The summed E-state index contributed by atoms with van der Waals surface area (Å²) < 4.78 is 0. The molecule has 1 saturated carbocycles. The second-order valence-electron chi connectivity index (χ2n) is 4.66. The molecule has 7 heteroatoms. The zero-order valence-corrected chi connectivity index (χ0v) is 9.86. The number of hydrogen-bond acceptors (Lipinski definition) is 6. The van der Waals surface area contributed by atoms with Crippen LogP contribution in [0.2, 0.25) is 0 Å². The fraction of sp³-hybridized carbons (Fsp3) is 0.600. The van der Waals surface area contributed by atoms with Crippen LogP contribution in [-0.2, 0) is 0 Å². The normalized spacial score (nSPS) is 17.3. The number of hydrogen-bond donors (Lipinski definition) is 2. The van der Waals surface area contributed by atoms with Gasteiger partial charge in [0.05, 0.1) is 4.92 Å². The lowest BCUT2D eigenvalue weighted by molar-refractivity contribution is -0.385. The highest BCUT2D eigenvalue weighted by Crippen LogP contribution is 2.37. The molecule has 0 aliphatic heterocycles. The summed E-state index contributed by atoms with van der Waals surface area (Å²) >= 11 is 0. The van der Waals surface area contributed by atoms with E-state index in [0.29, 0.717) is 0 Å². The van der Waals surface area contributed by atoms with Gasteiger partial charge in [0.2, 0.25) is 11.8 Å². The van der Waals surface area contributed by atoms with E-state index in [1.165, 1.54) is 0 Å². The van der Waals surface area contributed by atoms with Crippen molar-refractivity contribution >= 4 is 17.5 Å². The molecule has 0 unspecified atom stereocenters. The van der Waals surface area contributed by atoms with Gasteiger partial charge in [-0.05, 0) is 33.1 Å². The van der Waals surface area contributed by atoms with Gasteiger partial charge < -0.3 is 11.1 Å². The second-order valence-corrected chi connectivity index (χ2v) is 4.66. The molecule has 1 fully saturated rings. The summed E-state index contributed by atoms with van der Waals surface area (Å²) in [5.41, 5.74) is 5.60. The number of nitro groups is 1. The van der Waals surface area contributed by atoms with E-state index in [1.807, 2.05) is 6.92 Å². The number of nitrogens with one attached hydrogen (secondary N) is 1. The van der Waals surface area contributed by atoms with E-state index in [9.17, 15) is 10.1 Å². The van der Waals surface area contributed by atoms with Crippen LogP contribution in [0.4, 0.5) is 17.5 Å². The Morgan fingerprint density at radius 3 is 2.59 bits per heavy atom. The van der Waals surface area contributed by atoms with Crippen molar-refractivity contribution in [1.82, 2.24) is 9.97 Å². The van der Waals surface area contributed by atoms with Crippen LogP contribution in [0.5, 0.6) is 0 Å². The van der Waals surface area contributed by atoms with Crippen molar-refractivity contribution in [1.29, 1.82) is 0 Å². The van der Waals surface area contributed by atoms with E-state index in [-0.39, 0.29) is 28.7 Å². The Labute approximate surface area is 98.6 Å². The molecule has 3 N–H and O–H groups in total. The molecule has 0 amide bonds. The SMILES string of the molecule is Cc1nc(N)nc(NC2(C)CCC2)c1[N+](=O)[O-]. The first-order chi connectivity index (χ1) is 7.91. The maximum absolute atomic E-state index is 11.0. The van der Waals surface area contributed by atoms with Gasteiger partial charge in [-0.25, -0.2) is 4.98 Å².